The summed E-state index contributed by atoms with van der Waals surface area (Å²) in [5, 5.41) is 2.89. The molecule has 0 aliphatic carbocycles. The maximum absolute atomic E-state index is 12.4. The molecule has 0 saturated carbocycles. The summed E-state index contributed by atoms with van der Waals surface area (Å²) in [6, 6.07) is 17.2. The first kappa shape index (κ1) is 21.9. The van der Waals surface area contributed by atoms with Crippen LogP contribution in [0.2, 0.25) is 0 Å². The van der Waals surface area contributed by atoms with E-state index in [1.54, 1.807) is 12.1 Å². The van der Waals surface area contributed by atoms with Crippen LogP contribution in [0, 0.1) is 5.92 Å². The molecule has 1 atom stereocenters. The van der Waals surface area contributed by atoms with Crippen LogP contribution in [0.5, 0.6) is 0 Å². The lowest BCUT2D eigenvalue weighted by Crippen LogP contribution is -2.43. The molecule has 2 aromatic rings. The first-order valence-electron chi connectivity index (χ1n) is 10.1. The maximum Gasteiger partial charge on any atom is 0.389 e. The van der Waals surface area contributed by atoms with E-state index in [-0.39, 0.29) is 11.8 Å². The summed E-state index contributed by atoms with van der Waals surface area (Å²) < 4.78 is 37.0. The van der Waals surface area contributed by atoms with Crippen molar-refractivity contribution in [1.82, 2.24) is 10.2 Å². The summed E-state index contributed by atoms with van der Waals surface area (Å²) in [6.45, 7) is 1.24. The summed E-state index contributed by atoms with van der Waals surface area (Å²) in [6.07, 6.45) is -4.38. The number of carbonyl (C=O) groups excluding carboxylic acids is 2. The number of halogens is 3. The van der Waals surface area contributed by atoms with Gasteiger partial charge in [-0.05, 0) is 42.0 Å². The lowest BCUT2D eigenvalue weighted by atomic mass is 9.97. The molecule has 2 amide bonds. The van der Waals surface area contributed by atoms with E-state index in [0.717, 1.165) is 24.0 Å². The van der Waals surface area contributed by atoms with Gasteiger partial charge in [0.15, 0.2) is 0 Å². The normalized spacial score (nSPS) is 16.9. The lowest BCUT2D eigenvalue weighted by Gasteiger charge is -2.33. The number of benzene rings is 2. The number of hydrogen-bond acceptors (Lipinski definition) is 2. The Kier molecular flexibility index (Phi) is 7.13. The molecule has 7 heteroatoms. The van der Waals surface area contributed by atoms with Crippen molar-refractivity contribution in [2.45, 2.75) is 31.9 Å². The minimum absolute atomic E-state index is 0.0427. The van der Waals surface area contributed by atoms with Crippen LogP contribution in [-0.2, 0) is 4.79 Å². The Balaban J connectivity index is 1.49. The van der Waals surface area contributed by atoms with Crippen LogP contribution in [0.1, 0.15) is 36.0 Å². The van der Waals surface area contributed by atoms with Gasteiger partial charge in [0.05, 0.1) is 6.42 Å². The van der Waals surface area contributed by atoms with E-state index in [9.17, 15) is 22.8 Å². The van der Waals surface area contributed by atoms with Crippen LogP contribution in [0.15, 0.2) is 54.6 Å². The number of rotatable bonds is 6. The number of carbonyl (C=O) groups is 2. The van der Waals surface area contributed by atoms with E-state index in [2.05, 4.69) is 5.32 Å². The fourth-order valence-corrected chi connectivity index (χ4v) is 3.65. The number of nitrogens with one attached hydrogen (secondary N) is 1. The number of alkyl halides is 3. The molecule has 0 aromatic heterocycles. The number of hydrogen-bond donors (Lipinski definition) is 1. The highest BCUT2D eigenvalue weighted by atomic mass is 19.4. The van der Waals surface area contributed by atoms with Crippen molar-refractivity contribution in [2.75, 3.05) is 19.6 Å². The number of piperidine rings is 1. The van der Waals surface area contributed by atoms with E-state index < -0.39 is 24.9 Å². The fourth-order valence-electron chi connectivity index (χ4n) is 3.65. The Morgan fingerprint density at radius 2 is 1.67 bits per heavy atom. The highest BCUT2D eigenvalue weighted by Crippen LogP contribution is 2.24. The smallest absolute Gasteiger partial charge is 0.352 e. The second-order valence-corrected chi connectivity index (χ2v) is 7.62. The first-order chi connectivity index (χ1) is 14.3. The Morgan fingerprint density at radius 1 is 1.00 bits per heavy atom. The first-order valence-corrected chi connectivity index (χ1v) is 10.1. The zero-order valence-corrected chi connectivity index (χ0v) is 16.6. The fraction of sp³-hybridized carbons (Fsp3) is 0.391. The molecule has 2 aromatic carbocycles. The van der Waals surface area contributed by atoms with Crippen LogP contribution < -0.4 is 5.32 Å². The summed E-state index contributed by atoms with van der Waals surface area (Å²) in [5.41, 5.74) is 2.64. The van der Waals surface area contributed by atoms with Gasteiger partial charge in [-0.15, -0.1) is 0 Å². The maximum atomic E-state index is 12.4. The van der Waals surface area contributed by atoms with Gasteiger partial charge < -0.3 is 10.2 Å². The van der Waals surface area contributed by atoms with Gasteiger partial charge in [0, 0.05) is 31.6 Å². The Labute approximate surface area is 174 Å². The molecule has 0 bridgehead atoms. The van der Waals surface area contributed by atoms with Gasteiger partial charge in [-0.1, -0.05) is 42.5 Å². The van der Waals surface area contributed by atoms with Crippen molar-refractivity contribution in [3.05, 3.63) is 60.2 Å². The van der Waals surface area contributed by atoms with Crippen molar-refractivity contribution in [3.8, 4) is 11.1 Å². The molecule has 1 unspecified atom stereocenters. The van der Waals surface area contributed by atoms with Crippen LogP contribution >= 0.6 is 0 Å². The van der Waals surface area contributed by atoms with E-state index in [4.69, 9.17) is 0 Å². The number of amides is 2. The molecule has 30 heavy (non-hydrogen) atoms. The predicted octanol–water partition coefficient (Wildman–Crippen LogP) is 4.66. The van der Waals surface area contributed by atoms with Crippen LogP contribution in [0.4, 0.5) is 13.2 Å². The Hall–Kier alpha value is -2.83. The third-order valence-electron chi connectivity index (χ3n) is 5.30. The molecular formula is C23H25F3N2O2. The van der Waals surface area contributed by atoms with Crippen LogP contribution in [0.25, 0.3) is 11.1 Å². The second kappa shape index (κ2) is 9.78. The minimum Gasteiger partial charge on any atom is -0.352 e. The number of nitrogens with zero attached hydrogens (tertiary/aromatic N) is 1. The summed E-state index contributed by atoms with van der Waals surface area (Å²) in [7, 11) is 0. The van der Waals surface area contributed by atoms with E-state index in [1.165, 1.54) is 4.90 Å². The molecule has 1 N–H and O–H groups in total. The molecule has 1 saturated heterocycles. The molecule has 1 fully saturated rings. The minimum atomic E-state index is -4.32. The third kappa shape index (κ3) is 6.34. The molecular weight excluding hydrogens is 393 g/mol. The lowest BCUT2D eigenvalue weighted by molar-refractivity contribution is -0.150. The predicted molar refractivity (Wildman–Crippen MR) is 109 cm³/mol. The average Bonchev–Trinajstić information content (AvgIpc) is 2.76. The van der Waals surface area contributed by atoms with E-state index in [1.807, 2.05) is 42.5 Å². The zero-order valence-electron chi connectivity index (χ0n) is 16.6. The molecule has 0 spiro atoms. The molecule has 1 heterocycles. The van der Waals surface area contributed by atoms with Gasteiger partial charge in [-0.2, -0.15) is 13.2 Å². The monoisotopic (exact) mass is 418 g/mol. The summed E-state index contributed by atoms with van der Waals surface area (Å²) in [5.74, 6) is -0.629. The van der Waals surface area contributed by atoms with Gasteiger partial charge in [0.1, 0.15) is 0 Å². The Morgan fingerprint density at radius 3 is 2.33 bits per heavy atom. The molecule has 1 aliphatic rings. The topological polar surface area (TPSA) is 49.4 Å². The largest absolute Gasteiger partial charge is 0.389 e. The van der Waals surface area contributed by atoms with Crippen molar-refractivity contribution in [3.63, 3.8) is 0 Å². The highest BCUT2D eigenvalue weighted by Gasteiger charge is 2.30. The van der Waals surface area contributed by atoms with Crippen molar-refractivity contribution < 1.29 is 22.8 Å². The second-order valence-electron chi connectivity index (χ2n) is 7.62. The van der Waals surface area contributed by atoms with Crippen LogP contribution in [-0.4, -0.2) is 42.5 Å². The van der Waals surface area contributed by atoms with Gasteiger partial charge in [0.2, 0.25) is 5.91 Å². The van der Waals surface area contributed by atoms with Gasteiger partial charge in [0.25, 0.3) is 5.91 Å². The summed E-state index contributed by atoms with van der Waals surface area (Å²) in [4.78, 5) is 26.0. The van der Waals surface area contributed by atoms with Gasteiger partial charge in [-0.25, -0.2) is 0 Å². The molecule has 160 valence electrons. The van der Waals surface area contributed by atoms with Crippen molar-refractivity contribution in [2.24, 2.45) is 5.92 Å². The standard InChI is InChI=1S/C23H25F3N2O2/c24-23(25,26)13-12-21(29)28-14-4-5-17(16-28)15-27-22(30)20-10-8-19(9-11-20)18-6-2-1-3-7-18/h1-3,6-11,17H,4-5,12-16H2,(H,27,30). The van der Waals surface area contributed by atoms with E-state index >= 15 is 0 Å². The molecule has 1 aliphatic heterocycles. The summed E-state index contributed by atoms with van der Waals surface area (Å²) >= 11 is 0. The molecule has 3 rings (SSSR count). The third-order valence-corrected chi connectivity index (χ3v) is 5.30. The average molecular weight is 418 g/mol. The molecule has 0 radical (unpaired) electrons. The number of likely N-dealkylation sites (tertiary alicyclic amines) is 1. The van der Waals surface area contributed by atoms with Gasteiger partial charge in [-0.3, -0.25) is 9.59 Å². The SMILES string of the molecule is O=C(NCC1CCCN(C(=O)CCC(F)(F)F)C1)c1ccc(-c2ccccc2)cc1. The quantitative estimate of drug-likeness (QED) is 0.742. The highest BCUT2D eigenvalue weighted by molar-refractivity contribution is 5.94. The van der Waals surface area contributed by atoms with Gasteiger partial charge >= 0.3 is 6.18 Å². The molecule has 4 nitrogen and oxygen atoms in total. The zero-order chi connectivity index (χ0) is 21.6. The van der Waals surface area contributed by atoms with Crippen molar-refractivity contribution in [1.29, 1.82) is 0 Å². The Bertz CT molecular complexity index is 851. The van der Waals surface area contributed by atoms with Crippen molar-refractivity contribution >= 4 is 11.8 Å². The van der Waals surface area contributed by atoms with E-state index in [0.29, 0.717) is 25.2 Å². The van der Waals surface area contributed by atoms with Crippen LogP contribution in [0.3, 0.4) is 0 Å².